The summed E-state index contributed by atoms with van der Waals surface area (Å²) in [7, 11) is -3.19. The molecular formula is C40H45ClF2N5O8P. The molecule has 3 aromatic rings. The quantitative estimate of drug-likeness (QED) is 0.128. The highest BCUT2D eigenvalue weighted by molar-refractivity contribution is 7.59. The average molecular weight is 828 g/mol. The molecule has 3 fully saturated rings. The van der Waals surface area contributed by atoms with Gasteiger partial charge in [0.05, 0.1) is 25.3 Å². The van der Waals surface area contributed by atoms with E-state index in [1.165, 1.54) is 24.2 Å². The van der Waals surface area contributed by atoms with Crippen molar-refractivity contribution in [3.05, 3.63) is 77.0 Å². The van der Waals surface area contributed by atoms with Crippen molar-refractivity contribution in [3.8, 4) is 17.6 Å². The number of amides is 3. The number of fused-ring (bicyclic) bond motifs is 1. The maximum atomic E-state index is 14.7. The van der Waals surface area contributed by atoms with Crippen LogP contribution < -0.4 is 20.1 Å². The molecule has 0 bridgehead atoms. The second-order valence-electron chi connectivity index (χ2n) is 15.9. The predicted octanol–water partition coefficient (Wildman–Crippen LogP) is 6.97. The van der Waals surface area contributed by atoms with Crippen molar-refractivity contribution in [1.82, 2.24) is 20.5 Å². The van der Waals surface area contributed by atoms with Crippen molar-refractivity contribution in [2.24, 2.45) is 11.3 Å². The first-order valence-corrected chi connectivity index (χ1v) is 20.9. The van der Waals surface area contributed by atoms with Gasteiger partial charge in [0.2, 0.25) is 19.2 Å². The summed E-state index contributed by atoms with van der Waals surface area (Å²) in [5, 5.41) is 13.9. The summed E-state index contributed by atoms with van der Waals surface area (Å²) >= 11 is 6.56. The van der Waals surface area contributed by atoms with Crippen LogP contribution in [0.1, 0.15) is 70.6 Å². The zero-order chi connectivity index (χ0) is 41.4. The first kappa shape index (κ1) is 41.9. The second kappa shape index (κ2) is 16.2. The Bertz CT molecular complexity index is 2170. The molecule has 13 nitrogen and oxygen atoms in total. The van der Waals surface area contributed by atoms with Gasteiger partial charge in [-0.15, -0.1) is 6.58 Å². The fourth-order valence-corrected chi connectivity index (χ4v) is 10.4. The summed E-state index contributed by atoms with van der Waals surface area (Å²) in [4.78, 5) is 59.3. The lowest BCUT2D eigenvalue weighted by Crippen LogP contribution is -2.58. The number of halogens is 3. The number of ether oxygens (including phenoxy) is 3. The number of rotatable bonds is 12. The summed E-state index contributed by atoms with van der Waals surface area (Å²) < 4.78 is 60.9. The Balaban J connectivity index is 1.34. The molecular weight excluding hydrogens is 783 g/mol. The summed E-state index contributed by atoms with van der Waals surface area (Å²) in [5.41, 5.74) is -1.29. The van der Waals surface area contributed by atoms with E-state index in [-0.39, 0.29) is 47.5 Å². The zero-order valence-corrected chi connectivity index (χ0v) is 33.7. The Morgan fingerprint density at radius 1 is 1.18 bits per heavy atom. The minimum Gasteiger partial charge on any atom is -0.495 e. The van der Waals surface area contributed by atoms with Crippen LogP contribution in [0.4, 0.5) is 13.6 Å². The van der Waals surface area contributed by atoms with E-state index in [0.717, 1.165) is 31.0 Å². The van der Waals surface area contributed by atoms with Gasteiger partial charge in [0, 0.05) is 29.4 Å². The number of benzene rings is 2. The minimum absolute atomic E-state index is 0.0261. The summed E-state index contributed by atoms with van der Waals surface area (Å²) in [5.74, 6) is -3.73. The van der Waals surface area contributed by atoms with Gasteiger partial charge in [-0.2, -0.15) is 5.26 Å². The fourth-order valence-electron chi connectivity index (χ4n) is 7.72. The zero-order valence-electron chi connectivity index (χ0n) is 32.0. The normalized spacial score (nSPS) is 23.6. The van der Waals surface area contributed by atoms with E-state index in [9.17, 15) is 37.9 Å². The van der Waals surface area contributed by atoms with Gasteiger partial charge in [0.1, 0.15) is 69.5 Å². The van der Waals surface area contributed by atoms with Crippen molar-refractivity contribution in [1.29, 1.82) is 5.26 Å². The summed E-state index contributed by atoms with van der Waals surface area (Å²) in [6.45, 7) is 8.78. The van der Waals surface area contributed by atoms with Gasteiger partial charge in [-0.05, 0) is 61.8 Å². The molecule has 304 valence electrons. The lowest BCUT2D eigenvalue weighted by molar-refractivity contribution is -0.142. The molecule has 57 heavy (non-hydrogen) atoms. The van der Waals surface area contributed by atoms with Crippen LogP contribution in [0.25, 0.3) is 10.9 Å². The van der Waals surface area contributed by atoms with E-state index in [2.05, 4.69) is 22.2 Å². The van der Waals surface area contributed by atoms with Crippen molar-refractivity contribution < 1.29 is 46.8 Å². The molecule has 2 saturated carbocycles. The van der Waals surface area contributed by atoms with Gasteiger partial charge < -0.3 is 34.6 Å². The van der Waals surface area contributed by atoms with Crippen LogP contribution in [0.5, 0.6) is 11.5 Å². The largest absolute Gasteiger partial charge is 0.495 e. The average Bonchev–Trinajstić information content (AvgIpc) is 3.41. The van der Waals surface area contributed by atoms with Gasteiger partial charge in [-0.25, -0.2) is 18.6 Å². The Morgan fingerprint density at radius 2 is 1.86 bits per heavy atom. The number of nitrogens with one attached hydrogen (secondary N) is 2. The smallest absolute Gasteiger partial charge is 0.408 e. The Morgan fingerprint density at radius 3 is 2.46 bits per heavy atom. The summed E-state index contributed by atoms with van der Waals surface area (Å²) in [6.07, 6.45) is 1.58. The van der Waals surface area contributed by atoms with E-state index >= 15 is 0 Å². The SMILES string of the molecule is C=C[C@@H]1C[C@]1(NC(=O)[C@@H]1C[C@@H](Oc2cc(C#N)nc3c(Cl)c(OC)ccc23)CN1C(=O)[C@@H](NC(=O)OC1CCCC1)C(C)(C)C)P(=O)(O)Cc1c(F)cccc1F. The number of nitrogens with zero attached hydrogens (tertiary/aromatic N) is 3. The number of alkyl carbamates (subject to hydrolysis) is 1. The second-order valence-corrected chi connectivity index (χ2v) is 18.7. The number of nitriles is 1. The molecule has 1 unspecified atom stereocenters. The van der Waals surface area contributed by atoms with Crippen molar-refractivity contribution in [3.63, 3.8) is 0 Å². The third-order valence-electron chi connectivity index (χ3n) is 10.9. The Kier molecular flexibility index (Phi) is 11.9. The van der Waals surface area contributed by atoms with Gasteiger partial charge in [0.25, 0.3) is 0 Å². The highest BCUT2D eigenvalue weighted by atomic mass is 35.5. The van der Waals surface area contributed by atoms with Crippen LogP contribution in [-0.2, 0) is 25.1 Å². The Labute approximate surface area is 334 Å². The number of hydrogen-bond acceptors (Lipinski definition) is 9. The van der Waals surface area contributed by atoms with E-state index in [1.807, 2.05) is 6.07 Å². The third-order valence-corrected chi connectivity index (χ3v) is 13.9. The number of pyridine rings is 1. The maximum absolute atomic E-state index is 14.7. The molecule has 3 aliphatic rings. The highest BCUT2D eigenvalue weighted by Gasteiger charge is 2.66. The lowest BCUT2D eigenvalue weighted by Gasteiger charge is -2.36. The number of carbonyl (C=O) groups excluding carboxylic acids is 3. The standard InChI is InChI=1S/C40H45ClF2N5O8P/c1-6-22-18-40(22,57(52,53)21-27-28(42)12-9-13-29(27)43)47-36(49)30-17-25(55-32-16-23(19-44)45-34-26(32)14-15-31(54-5)33(34)41)20-48(30)37(50)35(39(2,3)4)46-38(51)56-24-10-7-8-11-24/h6,9,12-16,22,24-25,30,35H,1,7-8,10-11,17-18,20-21H2,2-5H3,(H,46,51)(H,47,49)(H,52,53)/t22-,25-,30+,35-,40+/m1/s1. The molecule has 2 aromatic carbocycles. The lowest BCUT2D eigenvalue weighted by atomic mass is 9.85. The summed E-state index contributed by atoms with van der Waals surface area (Å²) in [6, 6.07) is 7.20. The molecule has 6 atom stereocenters. The molecule has 0 radical (unpaired) electrons. The van der Waals surface area contributed by atoms with Gasteiger partial charge in [0.15, 0.2) is 0 Å². The number of carbonyl (C=O) groups is 3. The molecule has 3 N–H and O–H groups in total. The molecule has 2 aliphatic carbocycles. The van der Waals surface area contributed by atoms with Crippen molar-refractivity contribution in [2.75, 3.05) is 13.7 Å². The molecule has 2 heterocycles. The number of methoxy groups -OCH3 is 1. The first-order chi connectivity index (χ1) is 26.9. The van der Waals surface area contributed by atoms with E-state index < -0.39 is 83.4 Å². The Hall–Kier alpha value is -4.77. The first-order valence-electron chi connectivity index (χ1n) is 18.6. The molecule has 3 amide bonds. The number of likely N-dealkylation sites (tertiary alicyclic amines) is 1. The molecule has 1 aromatic heterocycles. The highest BCUT2D eigenvalue weighted by Crippen LogP contribution is 2.71. The minimum atomic E-state index is -4.62. The molecule has 17 heteroatoms. The molecule has 0 spiro atoms. The van der Waals surface area contributed by atoms with Crippen LogP contribution in [0.15, 0.2) is 49.1 Å². The van der Waals surface area contributed by atoms with Crippen LogP contribution in [0.2, 0.25) is 5.02 Å². The van der Waals surface area contributed by atoms with Crippen molar-refractivity contribution >= 4 is 47.8 Å². The van der Waals surface area contributed by atoms with Crippen LogP contribution in [-0.4, -0.2) is 75.9 Å². The molecule has 6 rings (SSSR count). The van der Waals surface area contributed by atoms with Crippen LogP contribution >= 0.6 is 19.0 Å². The maximum Gasteiger partial charge on any atom is 0.408 e. The van der Waals surface area contributed by atoms with Crippen LogP contribution in [0.3, 0.4) is 0 Å². The van der Waals surface area contributed by atoms with Gasteiger partial charge in [-0.1, -0.05) is 44.5 Å². The number of aromatic nitrogens is 1. The topological polar surface area (TPSA) is 180 Å². The molecule has 1 aliphatic heterocycles. The van der Waals surface area contributed by atoms with E-state index in [0.29, 0.717) is 24.0 Å². The van der Waals surface area contributed by atoms with Crippen LogP contribution in [0, 0.1) is 34.3 Å². The molecule has 1 saturated heterocycles. The van der Waals surface area contributed by atoms with E-state index in [4.69, 9.17) is 25.8 Å². The van der Waals surface area contributed by atoms with E-state index in [1.54, 1.807) is 32.9 Å². The fraction of sp³-hybridized carbons (Fsp3) is 0.475. The number of hydrogen-bond donors (Lipinski definition) is 3. The predicted molar refractivity (Wildman–Crippen MR) is 207 cm³/mol. The van der Waals surface area contributed by atoms with Crippen molar-refractivity contribution in [2.45, 2.75) is 95.0 Å². The monoisotopic (exact) mass is 827 g/mol. The van der Waals surface area contributed by atoms with Gasteiger partial charge in [-0.3, -0.25) is 14.2 Å². The third kappa shape index (κ3) is 8.45. The van der Waals surface area contributed by atoms with Gasteiger partial charge >= 0.3 is 6.09 Å².